The van der Waals surface area contributed by atoms with Crippen LogP contribution in [0.2, 0.25) is 0 Å². The standard InChI is InChI=1S/C36H38N4O4/c1-3-37-36(42)38-20-26-7-6-8-30(19-26)27-15-17-29(18-16-27)35-43-33(21-40-23-39-31-9-4-5-10-32(31)40)24(2)34(44-35)28-13-11-25(22-41)12-14-28/h4-19,23-24,33-35,41H,3,20-22H2,1-2H3,(H2,37,38,42)/t24-,33+,34+,35+/m1/s1. The zero-order valence-electron chi connectivity index (χ0n) is 25.0. The number of fused-ring (bicyclic) bond motifs is 1. The van der Waals surface area contributed by atoms with Gasteiger partial charge in [-0.3, -0.25) is 0 Å². The Hall–Kier alpha value is -4.50. The number of aromatic nitrogens is 2. The number of hydrogen-bond acceptors (Lipinski definition) is 5. The van der Waals surface area contributed by atoms with E-state index in [0.29, 0.717) is 19.6 Å². The SMILES string of the molecule is CCNC(=O)NCc1cccc(-c2ccc([C@H]3O[C@@H](Cn4cnc5ccccc54)[C@@H](C)[C@@H](c4ccc(CO)cc4)O3)cc2)c1. The maximum absolute atomic E-state index is 11.8. The molecule has 0 unspecified atom stereocenters. The summed E-state index contributed by atoms with van der Waals surface area (Å²) in [6.07, 6.45) is 0.984. The van der Waals surface area contributed by atoms with Gasteiger partial charge in [0.1, 0.15) is 0 Å². The first-order chi connectivity index (χ1) is 21.5. The molecule has 4 atom stereocenters. The van der Waals surface area contributed by atoms with Gasteiger partial charge in [-0.15, -0.1) is 0 Å². The summed E-state index contributed by atoms with van der Waals surface area (Å²) in [6, 6.07) is 32.4. The molecule has 1 aliphatic rings. The number of amides is 2. The van der Waals surface area contributed by atoms with Crippen LogP contribution in [0.1, 0.15) is 48.5 Å². The number of carbonyl (C=O) groups is 1. The van der Waals surface area contributed by atoms with E-state index in [1.807, 2.05) is 67.8 Å². The summed E-state index contributed by atoms with van der Waals surface area (Å²) < 4.78 is 15.5. The molecule has 6 rings (SSSR count). The zero-order valence-corrected chi connectivity index (χ0v) is 25.0. The van der Waals surface area contributed by atoms with Gasteiger partial charge in [0.2, 0.25) is 0 Å². The molecular weight excluding hydrogens is 552 g/mol. The second-order valence-electron chi connectivity index (χ2n) is 11.2. The highest BCUT2D eigenvalue weighted by Gasteiger charge is 2.38. The smallest absolute Gasteiger partial charge is 0.315 e. The molecule has 8 heteroatoms. The van der Waals surface area contributed by atoms with Gasteiger partial charge in [0, 0.05) is 24.6 Å². The Bertz CT molecular complexity index is 1700. The fourth-order valence-corrected chi connectivity index (χ4v) is 5.78. The molecule has 0 radical (unpaired) electrons. The molecule has 0 bridgehead atoms. The lowest BCUT2D eigenvalue weighted by atomic mass is 9.90. The molecule has 8 nitrogen and oxygen atoms in total. The van der Waals surface area contributed by atoms with E-state index >= 15 is 0 Å². The Labute approximate surface area is 257 Å². The molecule has 2 amide bonds. The van der Waals surface area contributed by atoms with Crippen LogP contribution in [0.15, 0.2) is 103 Å². The van der Waals surface area contributed by atoms with Crippen molar-refractivity contribution in [3.63, 3.8) is 0 Å². The van der Waals surface area contributed by atoms with Crippen molar-refractivity contribution in [1.82, 2.24) is 20.2 Å². The predicted molar refractivity (Wildman–Crippen MR) is 170 cm³/mol. The molecule has 4 aromatic carbocycles. The number of hydrogen-bond donors (Lipinski definition) is 3. The minimum atomic E-state index is -0.560. The van der Waals surface area contributed by atoms with Gasteiger partial charge in [-0.2, -0.15) is 0 Å². The summed E-state index contributed by atoms with van der Waals surface area (Å²) in [5.74, 6) is 0.0578. The minimum Gasteiger partial charge on any atom is -0.392 e. The number of nitrogens with one attached hydrogen (secondary N) is 2. The number of nitrogens with zero attached hydrogens (tertiary/aromatic N) is 2. The molecule has 1 saturated heterocycles. The van der Waals surface area contributed by atoms with Gasteiger partial charge in [-0.1, -0.05) is 85.8 Å². The van der Waals surface area contributed by atoms with Crippen LogP contribution in [0.3, 0.4) is 0 Å². The first-order valence-electron chi connectivity index (χ1n) is 15.1. The summed E-state index contributed by atoms with van der Waals surface area (Å²) >= 11 is 0. The van der Waals surface area contributed by atoms with Gasteiger partial charge in [0.05, 0.1) is 42.7 Å². The lowest BCUT2D eigenvalue weighted by molar-refractivity contribution is -0.276. The van der Waals surface area contributed by atoms with Crippen LogP contribution < -0.4 is 10.6 Å². The van der Waals surface area contributed by atoms with Crippen molar-refractivity contribution >= 4 is 17.1 Å². The topological polar surface area (TPSA) is 97.6 Å². The van der Waals surface area contributed by atoms with Gasteiger partial charge in [-0.05, 0) is 52.9 Å². The lowest BCUT2D eigenvalue weighted by Crippen LogP contribution is -2.39. The maximum Gasteiger partial charge on any atom is 0.315 e. The summed E-state index contributed by atoms with van der Waals surface area (Å²) in [5.41, 5.74) is 8.04. The number of rotatable bonds is 9. The molecule has 226 valence electrons. The van der Waals surface area contributed by atoms with E-state index in [2.05, 4.69) is 69.6 Å². The van der Waals surface area contributed by atoms with Crippen LogP contribution >= 0.6 is 0 Å². The number of para-hydroxylation sites is 2. The fraction of sp³-hybridized carbons (Fsp3) is 0.278. The highest BCUT2D eigenvalue weighted by Crippen LogP contribution is 2.42. The van der Waals surface area contributed by atoms with E-state index in [4.69, 9.17) is 9.47 Å². The van der Waals surface area contributed by atoms with E-state index in [1.54, 1.807) is 0 Å². The maximum atomic E-state index is 11.8. The number of carbonyl (C=O) groups excluding carboxylic acids is 1. The summed E-state index contributed by atoms with van der Waals surface area (Å²) in [4.78, 5) is 16.4. The molecule has 1 aromatic heterocycles. The Morgan fingerprint density at radius 2 is 1.64 bits per heavy atom. The van der Waals surface area contributed by atoms with Crippen LogP contribution in [0, 0.1) is 5.92 Å². The summed E-state index contributed by atoms with van der Waals surface area (Å²) in [7, 11) is 0. The summed E-state index contributed by atoms with van der Waals surface area (Å²) in [6.45, 7) is 5.75. The number of urea groups is 1. The number of ether oxygens (including phenoxy) is 2. The first kappa shape index (κ1) is 29.6. The van der Waals surface area contributed by atoms with Crippen LogP contribution in [-0.4, -0.2) is 33.3 Å². The largest absolute Gasteiger partial charge is 0.392 e. The van der Waals surface area contributed by atoms with Crippen molar-refractivity contribution in [2.45, 2.75) is 52.0 Å². The Kier molecular flexibility index (Phi) is 9.02. The highest BCUT2D eigenvalue weighted by atomic mass is 16.7. The van der Waals surface area contributed by atoms with Gasteiger partial charge >= 0.3 is 6.03 Å². The highest BCUT2D eigenvalue weighted by molar-refractivity contribution is 5.75. The molecule has 2 heterocycles. The number of benzene rings is 4. The van der Waals surface area contributed by atoms with E-state index < -0.39 is 6.29 Å². The van der Waals surface area contributed by atoms with E-state index in [1.165, 1.54) is 0 Å². The van der Waals surface area contributed by atoms with Crippen molar-refractivity contribution in [3.8, 4) is 11.1 Å². The molecular formula is C36H38N4O4. The second kappa shape index (κ2) is 13.4. The third-order valence-corrected chi connectivity index (χ3v) is 8.26. The molecule has 44 heavy (non-hydrogen) atoms. The van der Waals surface area contributed by atoms with Gasteiger partial charge in [0.25, 0.3) is 0 Å². The quantitative estimate of drug-likeness (QED) is 0.182. The van der Waals surface area contributed by atoms with E-state index in [9.17, 15) is 9.90 Å². The van der Waals surface area contributed by atoms with E-state index in [0.717, 1.165) is 44.4 Å². The Morgan fingerprint density at radius 3 is 2.41 bits per heavy atom. The van der Waals surface area contributed by atoms with Crippen molar-refractivity contribution < 1.29 is 19.4 Å². The predicted octanol–water partition coefficient (Wildman–Crippen LogP) is 6.51. The van der Waals surface area contributed by atoms with Crippen LogP contribution in [0.4, 0.5) is 4.79 Å². The second-order valence-corrected chi connectivity index (χ2v) is 11.2. The van der Waals surface area contributed by atoms with Crippen molar-refractivity contribution in [3.05, 3.63) is 126 Å². The average Bonchev–Trinajstić information content (AvgIpc) is 3.48. The van der Waals surface area contributed by atoms with Crippen LogP contribution in [-0.2, 0) is 29.2 Å². The molecule has 1 fully saturated rings. The van der Waals surface area contributed by atoms with Crippen LogP contribution in [0.5, 0.6) is 0 Å². The Morgan fingerprint density at radius 1 is 0.864 bits per heavy atom. The monoisotopic (exact) mass is 590 g/mol. The molecule has 0 spiro atoms. The fourth-order valence-electron chi connectivity index (χ4n) is 5.78. The van der Waals surface area contributed by atoms with Crippen molar-refractivity contribution in [1.29, 1.82) is 0 Å². The van der Waals surface area contributed by atoms with Crippen molar-refractivity contribution in [2.75, 3.05) is 6.54 Å². The average molecular weight is 591 g/mol. The normalized spacial score (nSPS) is 20.0. The number of aliphatic hydroxyl groups excluding tert-OH is 1. The molecule has 1 aliphatic heterocycles. The Balaban J connectivity index is 1.24. The lowest BCUT2D eigenvalue weighted by Gasteiger charge is -2.41. The summed E-state index contributed by atoms with van der Waals surface area (Å²) in [5, 5.41) is 15.2. The molecule has 3 N–H and O–H groups in total. The van der Waals surface area contributed by atoms with Gasteiger partial charge in [0.15, 0.2) is 6.29 Å². The molecule has 0 saturated carbocycles. The van der Waals surface area contributed by atoms with Gasteiger partial charge in [-0.25, -0.2) is 9.78 Å². The minimum absolute atomic E-state index is 0.00335. The molecule has 0 aliphatic carbocycles. The molecule has 5 aromatic rings. The number of imidazole rings is 1. The third-order valence-electron chi connectivity index (χ3n) is 8.26. The van der Waals surface area contributed by atoms with Crippen molar-refractivity contribution in [2.24, 2.45) is 5.92 Å². The number of aliphatic hydroxyl groups is 1. The van der Waals surface area contributed by atoms with E-state index in [-0.39, 0.29) is 30.8 Å². The van der Waals surface area contributed by atoms with Crippen LogP contribution in [0.25, 0.3) is 22.2 Å². The third kappa shape index (κ3) is 6.53. The van der Waals surface area contributed by atoms with Gasteiger partial charge < -0.3 is 29.8 Å². The zero-order chi connectivity index (χ0) is 30.5. The first-order valence-corrected chi connectivity index (χ1v) is 15.1.